The van der Waals surface area contributed by atoms with E-state index in [1.165, 1.54) is 5.56 Å². The van der Waals surface area contributed by atoms with Crippen LogP contribution in [0, 0.1) is 0 Å². The van der Waals surface area contributed by atoms with Crippen molar-refractivity contribution in [3.8, 4) is 5.75 Å². The van der Waals surface area contributed by atoms with Crippen molar-refractivity contribution in [3.63, 3.8) is 0 Å². The molecule has 106 valence electrons. The first kappa shape index (κ1) is 15.1. The molecule has 0 saturated carbocycles. The van der Waals surface area contributed by atoms with Gasteiger partial charge in [-0.15, -0.1) is 11.8 Å². The normalized spacial score (nSPS) is 10.5. The Labute approximate surface area is 129 Å². The Hall–Kier alpha value is -1.32. The van der Waals surface area contributed by atoms with Crippen molar-refractivity contribution < 1.29 is 4.74 Å². The summed E-state index contributed by atoms with van der Waals surface area (Å²) in [5.74, 6) is 1.67. The van der Waals surface area contributed by atoms with E-state index >= 15 is 0 Å². The van der Waals surface area contributed by atoms with Gasteiger partial charge in [-0.2, -0.15) is 0 Å². The van der Waals surface area contributed by atoms with Gasteiger partial charge in [-0.1, -0.05) is 30.7 Å². The third kappa shape index (κ3) is 4.36. The molecule has 0 amide bonds. The van der Waals surface area contributed by atoms with Crippen molar-refractivity contribution in [2.45, 2.75) is 24.0 Å². The molecule has 0 atom stereocenters. The van der Waals surface area contributed by atoms with Gasteiger partial charge in [0.2, 0.25) is 0 Å². The van der Waals surface area contributed by atoms with E-state index in [9.17, 15) is 0 Å². The molecule has 0 heterocycles. The fraction of sp³-hybridized carbons (Fsp3) is 0.250. The van der Waals surface area contributed by atoms with Crippen LogP contribution in [0.5, 0.6) is 5.75 Å². The average molecular weight is 308 g/mol. The van der Waals surface area contributed by atoms with Crippen molar-refractivity contribution in [1.29, 1.82) is 0 Å². The predicted octanol–water partition coefficient (Wildman–Crippen LogP) is 5.00. The molecule has 2 rings (SSSR count). The van der Waals surface area contributed by atoms with E-state index in [0.29, 0.717) is 12.3 Å². The maximum atomic E-state index is 5.91. The molecule has 0 aliphatic carbocycles. The van der Waals surface area contributed by atoms with Crippen molar-refractivity contribution in [2.75, 3.05) is 12.3 Å². The summed E-state index contributed by atoms with van der Waals surface area (Å²) in [5, 5.41) is 0.765. The maximum absolute atomic E-state index is 5.91. The second-order valence-corrected chi connectivity index (χ2v) is 5.95. The first-order chi connectivity index (χ1) is 9.69. The highest BCUT2D eigenvalue weighted by molar-refractivity contribution is 7.98. The van der Waals surface area contributed by atoms with Gasteiger partial charge in [-0.05, 0) is 42.3 Å². The van der Waals surface area contributed by atoms with Gasteiger partial charge in [0.05, 0.1) is 12.3 Å². The summed E-state index contributed by atoms with van der Waals surface area (Å²) >= 11 is 7.64. The predicted molar refractivity (Wildman–Crippen MR) is 87.7 cm³/mol. The molecule has 20 heavy (non-hydrogen) atoms. The topological polar surface area (TPSA) is 35.2 Å². The molecule has 0 aromatic heterocycles. The molecule has 0 bridgehead atoms. The lowest BCUT2D eigenvalue weighted by Crippen LogP contribution is -1.99. The number of benzene rings is 2. The number of halogens is 1. The van der Waals surface area contributed by atoms with E-state index in [-0.39, 0.29) is 0 Å². The number of anilines is 1. The highest BCUT2D eigenvalue weighted by Crippen LogP contribution is 2.30. The molecule has 0 aliphatic rings. The smallest absolute Gasteiger partial charge is 0.143 e. The first-order valence-electron chi connectivity index (χ1n) is 6.58. The Morgan fingerprint density at radius 1 is 1.15 bits per heavy atom. The molecular formula is C16H18ClNOS. The Balaban J connectivity index is 2.00. The number of nitrogens with two attached hydrogens (primary N) is 1. The second-order valence-electron chi connectivity index (χ2n) is 4.46. The van der Waals surface area contributed by atoms with E-state index in [1.807, 2.05) is 42.5 Å². The summed E-state index contributed by atoms with van der Waals surface area (Å²) in [6.07, 6.45) is 0.974. The van der Waals surface area contributed by atoms with Gasteiger partial charge in [0, 0.05) is 15.7 Å². The molecule has 0 spiro atoms. The number of rotatable bonds is 6. The summed E-state index contributed by atoms with van der Waals surface area (Å²) in [5.41, 5.74) is 7.84. The number of nitrogen functional groups attached to an aromatic ring is 1. The van der Waals surface area contributed by atoms with Crippen LogP contribution < -0.4 is 10.5 Å². The highest BCUT2D eigenvalue weighted by Gasteiger charge is 2.03. The molecule has 2 aromatic rings. The second kappa shape index (κ2) is 7.46. The van der Waals surface area contributed by atoms with Crippen LogP contribution in [0.1, 0.15) is 18.9 Å². The summed E-state index contributed by atoms with van der Waals surface area (Å²) in [7, 11) is 0. The quantitative estimate of drug-likeness (QED) is 0.602. The number of hydrogen-bond acceptors (Lipinski definition) is 3. The van der Waals surface area contributed by atoms with Gasteiger partial charge in [-0.25, -0.2) is 0 Å². The Kier molecular flexibility index (Phi) is 5.62. The molecule has 0 fully saturated rings. The fourth-order valence-electron chi connectivity index (χ4n) is 1.69. The van der Waals surface area contributed by atoms with Crippen LogP contribution in [0.25, 0.3) is 0 Å². The van der Waals surface area contributed by atoms with Crippen LogP contribution in [0.2, 0.25) is 5.02 Å². The van der Waals surface area contributed by atoms with Crippen molar-refractivity contribution >= 4 is 29.1 Å². The molecule has 0 aliphatic heterocycles. The lowest BCUT2D eigenvalue weighted by molar-refractivity contribution is 0.318. The lowest BCUT2D eigenvalue weighted by Gasteiger charge is -2.10. The first-order valence-corrected chi connectivity index (χ1v) is 7.95. The third-order valence-electron chi connectivity index (χ3n) is 2.77. The minimum absolute atomic E-state index is 0.689. The summed E-state index contributed by atoms with van der Waals surface area (Å²) in [6.45, 7) is 2.77. The minimum atomic E-state index is 0.689. The van der Waals surface area contributed by atoms with E-state index in [1.54, 1.807) is 11.8 Å². The molecule has 0 radical (unpaired) electrons. The summed E-state index contributed by atoms with van der Waals surface area (Å²) in [6, 6.07) is 13.8. The maximum Gasteiger partial charge on any atom is 0.143 e. The SMILES string of the molecule is CCCOc1cc(SCc2ccc(Cl)cc2)ccc1N. The Morgan fingerprint density at radius 2 is 1.90 bits per heavy atom. The number of hydrogen-bond donors (Lipinski definition) is 1. The van der Waals surface area contributed by atoms with E-state index < -0.39 is 0 Å². The Morgan fingerprint density at radius 3 is 2.60 bits per heavy atom. The van der Waals surface area contributed by atoms with Crippen LogP contribution in [0.3, 0.4) is 0 Å². The third-order valence-corrected chi connectivity index (χ3v) is 4.08. The van der Waals surface area contributed by atoms with Crippen molar-refractivity contribution in [3.05, 3.63) is 53.1 Å². The van der Waals surface area contributed by atoms with Crippen molar-refractivity contribution in [1.82, 2.24) is 0 Å². The van der Waals surface area contributed by atoms with E-state index in [4.69, 9.17) is 22.1 Å². The van der Waals surface area contributed by atoms with Crippen LogP contribution >= 0.6 is 23.4 Å². The number of thioether (sulfide) groups is 1. The molecule has 2 aromatic carbocycles. The van der Waals surface area contributed by atoms with Gasteiger partial charge in [0.15, 0.2) is 0 Å². The molecule has 0 unspecified atom stereocenters. The van der Waals surface area contributed by atoms with Gasteiger partial charge >= 0.3 is 0 Å². The van der Waals surface area contributed by atoms with Gasteiger partial charge < -0.3 is 10.5 Å². The van der Waals surface area contributed by atoms with Crippen molar-refractivity contribution in [2.24, 2.45) is 0 Å². The van der Waals surface area contributed by atoms with Gasteiger partial charge in [-0.3, -0.25) is 0 Å². The number of ether oxygens (including phenoxy) is 1. The molecule has 4 heteroatoms. The zero-order valence-corrected chi connectivity index (χ0v) is 13.0. The molecule has 0 saturated heterocycles. The van der Waals surface area contributed by atoms with E-state index in [0.717, 1.165) is 27.8 Å². The van der Waals surface area contributed by atoms with Crippen LogP contribution in [0.15, 0.2) is 47.4 Å². The highest BCUT2D eigenvalue weighted by atomic mass is 35.5. The summed E-state index contributed by atoms with van der Waals surface area (Å²) in [4.78, 5) is 1.15. The summed E-state index contributed by atoms with van der Waals surface area (Å²) < 4.78 is 5.64. The van der Waals surface area contributed by atoms with E-state index in [2.05, 4.69) is 6.92 Å². The fourth-order valence-corrected chi connectivity index (χ4v) is 2.70. The van der Waals surface area contributed by atoms with Gasteiger partial charge in [0.25, 0.3) is 0 Å². The van der Waals surface area contributed by atoms with Crippen LogP contribution in [-0.4, -0.2) is 6.61 Å². The average Bonchev–Trinajstić information content (AvgIpc) is 2.46. The largest absolute Gasteiger partial charge is 0.491 e. The standard InChI is InChI=1S/C16H18ClNOS/c1-2-9-19-16-10-14(7-8-15(16)18)20-11-12-3-5-13(17)6-4-12/h3-8,10H,2,9,11,18H2,1H3. The lowest BCUT2D eigenvalue weighted by atomic mass is 10.2. The zero-order chi connectivity index (χ0) is 14.4. The molecule has 2 N–H and O–H groups in total. The zero-order valence-electron chi connectivity index (χ0n) is 11.4. The molecular weight excluding hydrogens is 290 g/mol. The van der Waals surface area contributed by atoms with Crippen LogP contribution in [-0.2, 0) is 5.75 Å². The Bertz CT molecular complexity index is 557. The minimum Gasteiger partial charge on any atom is -0.491 e. The van der Waals surface area contributed by atoms with Gasteiger partial charge in [0.1, 0.15) is 5.75 Å². The molecule has 2 nitrogen and oxygen atoms in total. The van der Waals surface area contributed by atoms with Crippen LogP contribution in [0.4, 0.5) is 5.69 Å². The monoisotopic (exact) mass is 307 g/mol.